The lowest BCUT2D eigenvalue weighted by atomic mass is 9.99. The zero-order valence-electron chi connectivity index (χ0n) is 18.6. The minimum absolute atomic E-state index is 0.00102. The fourth-order valence-electron chi connectivity index (χ4n) is 2.97. The molecule has 6 nitrogen and oxygen atoms in total. The van der Waals surface area contributed by atoms with Crippen molar-refractivity contribution >= 4 is 11.8 Å². The lowest BCUT2D eigenvalue weighted by Crippen LogP contribution is -2.54. The average molecular weight is 427 g/mol. The number of carbonyl (C=O) groups is 2. The Hall–Kier alpha value is -2.70. The molecular formula is C25H34N2O4. The fourth-order valence-corrected chi connectivity index (χ4v) is 2.97. The van der Waals surface area contributed by atoms with Gasteiger partial charge in [-0.2, -0.15) is 0 Å². The van der Waals surface area contributed by atoms with Crippen molar-refractivity contribution in [1.29, 1.82) is 0 Å². The molecule has 2 N–H and O–H groups in total. The van der Waals surface area contributed by atoms with Gasteiger partial charge >= 0.3 is 0 Å². The summed E-state index contributed by atoms with van der Waals surface area (Å²) in [5.41, 5.74) is 1.81. The summed E-state index contributed by atoms with van der Waals surface area (Å²) < 4.78 is 11.0. The van der Waals surface area contributed by atoms with Gasteiger partial charge in [-0.3, -0.25) is 9.59 Å². The number of rotatable bonds is 14. The van der Waals surface area contributed by atoms with Crippen molar-refractivity contribution in [3.8, 4) is 0 Å². The summed E-state index contributed by atoms with van der Waals surface area (Å²) in [6, 6.07) is 20.0. The summed E-state index contributed by atoms with van der Waals surface area (Å²) in [6.45, 7) is 5.18. The van der Waals surface area contributed by atoms with Crippen molar-refractivity contribution in [2.75, 3.05) is 33.0 Å². The van der Waals surface area contributed by atoms with Crippen LogP contribution in [0.3, 0.4) is 0 Å². The summed E-state index contributed by atoms with van der Waals surface area (Å²) >= 11 is 0. The Kier molecular flexibility index (Phi) is 10.8. The van der Waals surface area contributed by atoms with Crippen molar-refractivity contribution in [1.82, 2.24) is 10.6 Å². The molecule has 0 heterocycles. The molecule has 2 amide bonds. The summed E-state index contributed by atoms with van der Waals surface area (Å²) in [6.07, 6.45) is 2.21. The average Bonchev–Trinajstić information content (AvgIpc) is 2.80. The Balaban J connectivity index is 1.60. The maximum absolute atomic E-state index is 12.2. The van der Waals surface area contributed by atoms with Crippen molar-refractivity contribution in [3.05, 3.63) is 71.8 Å². The number of hydrogen-bond donors (Lipinski definition) is 2. The van der Waals surface area contributed by atoms with Crippen LogP contribution in [0, 0.1) is 0 Å². The third-order valence-electron chi connectivity index (χ3n) is 5.12. The molecule has 0 aliphatic rings. The molecule has 0 aromatic heterocycles. The van der Waals surface area contributed by atoms with Gasteiger partial charge in [-0.05, 0) is 37.3 Å². The molecule has 0 aliphatic heterocycles. The van der Waals surface area contributed by atoms with Crippen LogP contribution >= 0.6 is 0 Å². The summed E-state index contributed by atoms with van der Waals surface area (Å²) in [4.78, 5) is 24.3. The highest BCUT2D eigenvalue weighted by atomic mass is 16.5. The number of nitrogens with one attached hydrogen (secondary N) is 2. The van der Waals surface area contributed by atoms with Gasteiger partial charge in [0, 0.05) is 6.54 Å². The molecule has 6 heteroatoms. The van der Waals surface area contributed by atoms with E-state index in [1.165, 1.54) is 11.1 Å². The molecule has 1 unspecified atom stereocenters. The van der Waals surface area contributed by atoms with Crippen LogP contribution in [0.5, 0.6) is 0 Å². The third kappa shape index (κ3) is 10.2. The SMILES string of the molecule is CCC(C)(CNC(=O)COCCc1ccccc1)NC(=O)COCCc1ccccc1. The first-order valence-corrected chi connectivity index (χ1v) is 10.8. The molecule has 0 radical (unpaired) electrons. The van der Waals surface area contributed by atoms with Crippen LogP contribution < -0.4 is 10.6 Å². The Morgan fingerprint density at radius 2 is 1.29 bits per heavy atom. The second kappa shape index (κ2) is 13.6. The van der Waals surface area contributed by atoms with Gasteiger partial charge in [0.05, 0.1) is 18.8 Å². The van der Waals surface area contributed by atoms with Crippen LogP contribution in [-0.4, -0.2) is 50.3 Å². The smallest absolute Gasteiger partial charge is 0.246 e. The molecule has 0 aliphatic carbocycles. The van der Waals surface area contributed by atoms with Gasteiger partial charge in [0.15, 0.2) is 0 Å². The predicted octanol–water partition coefficient (Wildman–Crippen LogP) is 2.91. The van der Waals surface area contributed by atoms with E-state index < -0.39 is 5.54 Å². The van der Waals surface area contributed by atoms with Crippen LogP contribution in [0.4, 0.5) is 0 Å². The number of carbonyl (C=O) groups excluding carboxylic acids is 2. The summed E-state index contributed by atoms with van der Waals surface area (Å²) in [5, 5.41) is 5.81. The van der Waals surface area contributed by atoms with Crippen molar-refractivity contribution in [2.24, 2.45) is 0 Å². The lowest BCUT2D eigenvalue weighted by Gasteiger charge is -2.30. The van der Waals surface area contributed by atoms with Crippen LogP contribution in [-0.2, 0) is 31.9 Å². The Bertz CT molecular complexity index is 783. The Morgan fingerprint density at radius 1 is 0.806 bits per heavy atom. The van der Waals surface area contributed by atoms with Gasteiger partial charge in [0.1, 0.15) is 13.2 Å². The molecule has 0 fully saturated rings. The lowest BCUT2D eigenvalue weighted by molar-refractivity contribution is -0.129. The summed E-state index contributed by atoms with van der Waals surface area (Å²) in [7, 11) is 0. The minimum atomic E-state index is -0.542. The zero-order chi connectivity index (χ0) is 22.4. The normalized spacial score (nSPS) is 12.7. The number of hydrogen-bond acceptors (Lipinski definition) is 4. The number of amides is 2. The van der Waals surface area contributed by atoms with Gasteiger partial charge in [0.25, 0.3) is 0 Å². The molecule has 168 valence electrons. The molecule has 0 bridgehead atoms. The molecule has 31 heavy (non-hydrogen) atoms. The van der Waals surface area contributed by atoms with E-state index in [4.69, 9.17) is 9.47 Å². The maximum atomic E-state index is 12.2. The standard InChI is InChI=1S/C25H34N2O4/c1-3-25(2,27-24(29)19-31-17-15-22-12-8-5-9-13-22)20-26-23(28)18-30-16-14-21-10-6-4-7-11-21/h4-13H,3,14-20H2,1-2H3,(H,26,28)(H,27,29). The zero-order valence-corrected chi connectivity index (χ0v) is 18.6. The molecule has 0 saturated carbocycles. The van der Waals surface area contributed by atoms with Crippen LogP contribution in [0.15, 0.2) is 60.7 Å². The number of benzene rings is 2. The third-order valence-corrected chi connectivity index (χ3v) is 5.12. The van der Waals surface area contributed by atoms with Crippen molar-refractivity contribution in [2.45, 2.75) is 38.6 Å². The second-order valence-corrected chi connectivity index (χ2v) is 7.82. The van der Waals surface area contributed by atoms with Crippen LogP contribution in [0.25, 0.3) is 0 Å². The van der Waals surface area contributed by atoms with Crippen molar-refractivity contribution < 1.29 is 19.1 Å². The summed E-state index contributed by atoms with van der Waals surface area (Å²) in [5.74, 6) is -0.383. The quantitative estimate of drug-likeness (QED) is 0.456. The molecule has 2 aromatic carbocycles. The monoisotopic (exact) mass is 426 g/mol. The molecule has 1 atom stereocenters. The molecule has 0 spiro atoms. The Labute approximate surface area is 185 Å². The van der Waals surface area contributed by atoms with E-state index in [1.54, 1.807) is 0 Å². The van der Waals surface area contributed by atoms with E-state index in [-0.39, 0.29) is 25.0 Å². The molecule has 2 aromatic rings. The molecule has 0 saturated heterocycles. The van der Waals surface area contributed by atoms with E-state index in [0.717, 1.165) is 12.8 Å². The van der Waals surface area contributed by atoms with Crippen molar-refractivity contribution in [3.63, 3.8) is 0 Å². The van der Waals surface area contributed by atoms with Gasteiger partial charge in [-0.1, -0.05) is 67.6 Å². The molecule has 2 rings (SSSR count). The minimum Gasteiger partial charge on any atom is -0.371 e. The number of ether oxygens (including phenoxy) is 2. The van der Waals surface area contributed by atoms with Gasteiger partial charge in [-0.25, -0.2) is 0 Å². The van der Waals surface area contributed by atoms with Gasteiger partial charge in [-0.15, -0.1) is 0 Å². The highest BCUT2D eigenvalue weighted by Crippen LogP contribution is 2.08. The highest BCUT2D eigenvalue weighted by Gasteiger charge is 2.25. The van der Waals surface area contributed by atoms with E-state index in [0.29, 0.717) is 26.2 Å². The first-order valence-electron chi connectivity index (χ1n) is 10.8. The van der Waals surface area contributed by atoms with Crippen LogP contribution in [0.1, 0.15) is 31.4 Å². The maximum Gasteiger partial charge on any atom is 0.246 e. The first-order chi connectivity index (χ1) is 15.0. The van der Waals surface area contributed by atoms with E-state index >= 15 is 0 Å². The highest BCUT2D eigenvalue weighted by molar-refractivity contribution is 5.79. The molecular weight excluding hydrogens is 392 g/mol. The van der Waals surface area contributed by atoms with Gasteiger partial charge in [0.2, 0.25) is 11.8 Å². The second-order valence-electron chi connectivity index (χ2n) is 7.82. The predicted molar refractivity (Wildman–Crippen MR) is 122 cm³/mol. The van der Waals surface area contributed by atoms with E-state index in [9.17, 15) is 9.59 Å². The topological polar surface area (TPSA) is 76.7 Å². The van der Waals surface area contributed by atoms with E-state index in [2.05, 4.69) is 10.6 Å². The Morgan fingerprint density at radius 3 is 1.77 bits per heavy atom. The van der Waals surface area contributed by atoms with Crippen LogP contribution in [0.2, 0.25) is 0 Å². The fraction of sp³-hybridized carbons (Fsp3) is 0.440. The van der Waals surface area contributed by atoms with Gasteiger partial charge < -0.3 is 20.1 Å². The largest absolute Gasteiger partial charge is 0.371 e. The van der Waals surface area contributed by atoms with E-state index in [1.807, 2.05) is 74.5 Å². The first kappa shape index (κ1) is 24.6.